The molecule has 3 aromatic rings. The van der Waals surface area contributed by atoms with E-state index in [1.54, 1.807) is 22.8 Å². The molecule has 7 heteroatoms. The lowest BCUT2D eigenvalue weighted by Gasteiger charge is -2.14. The molecular formula is C22H24FN3O2S. The second-order valence-electron chi connectivity index (χ2n) is 7.24. The molecule has 0 aliphatic carbocycles. The number of rotatable bonds is 8. The molecule has 1 amide bonds. The van der Waals surface area contributed by atoms with Crippen LogP contribution in [0.5, 0.6) is 0 Å². The van der Waals surface area contributed by atoms with E-state index in [0.717, 1.165) is 5.56 Å². The fraction of sp³-hybridized carbons (Fsp3) is 0.318. The second-order valence-corrected chi connectivity index (χ2v) is 8.18. The number of fused-ring (bicyclic) bond motifs is 1. The zero-order valence-electron chi connectivity index (χ0n) is 16.5. The SMILES string of the molecule is CC(C)Cn1c(SCC(=O)NCCc2ccc(F)cc2)nc2ccccc2c1=O. The van der Waals surface area contributed by atoms with Crippen LogP contribution in [0.3, 0.4) is 0 Å². The predicted molar refractivity (Wildman–Crippen MR) is 115 cm³/mol. The minimum absolute atomic E-state index is 0.0801. The van der Waals surface area contributed by atoms with Gasteiger partial charge < -0.3 is 5.32 Å². The Morgan fingerprint density at radius 3 is 2.62 bits per heavy atom. The molecule has 1 heterocycles. The zero-order chi connectivity index (χ0) is 20.8. The van der Waals surface area contributed by atoms with Gasteiger partial charge in [-0.1, -0.05) is 49.9 Å². The molecule has 1 N–H and O–H groups in total. The van der Waals surface area contributed by atoms with Crippen molar-refractivity contribution in [2.75, 3.05) is 12.3 Å². The molecule has 0 aliphatic rings. The van der Waals surface area contributed by atoms with E-state index >= 15 is 0 Å². The monoisotopic (exact) mass is 413 g/mol. The summed E-state index contributed by atoms with van der Waals surface area (Å²) in [7, 11) is 0. The maximum atomic E-state index is 12.9. The Bertz CT molecular complexity index is 1050. The number of benzene rings is 2. The smallest absolute Gasteiger partial charge is 0.262 e. The number of amides is 1. The number of para-hydroxylation sites is 1. The van der Waals surface area contributed by atoms with E-state index in [2.05, 4.69) is 10.3 Å². The van der Waals surface area contributed by atoms with E-state index in [4.69, 9.17) is 0 Å². The average molecular weight is 414 g/mol. The summed E-state index contributed by atoms with van der Waals surface area (Å²) >= 11 is 1.26. The highest BCUT2D eigenvalue weighted by Crippen LogP contribution is 2.18. The van der Waals surface area contributed by atoms with Crippen LogP contribution >= 0.6 is 11.8 Å². The molecule has 29 heavy (non-hydrogen) atoms. The first-order chi connectivity index (χ1) is 13.9. The molecule has 0 atom stereocenters. The molecule has 0 spiro atoms. The fourth-order valence-electron chi connectivity index (χ4n) is 2.96. The molecule has 0 unspecified atom stereocenters. The van der Waals surface area contributed by atoms with Crippen molar-refractivity contribution in [2.24, 2.45) is 5.92 Å². The van der Waals surface area contributed by atoms with Gasteiger partial charge in [0.25, 0.3) is 5.56 Å². The number of carbonyl (C=O) groups excluding carboxylic acids is 1. The minimum Gasteiger partial charge on any atom is -0.355 e. The third-order valence-electron chi connectivity index (χ3n) is 4.36. The van der Waals surface area contributed by atoms with Crippen LogP contribution in [0.2, 0.25) is 0 Å². The van der Waals surface area contributed by atoms with Gasteiger partial charge in [0.05, 0.1) is 16.7 Å². The van der Waals surface area contributed by atoms with Crippen molar-refractivity contribution in [3.8, 4) is 0 Å². The van der Waals surface area contributed by atoms with Crippen LogP contribution in [0.15, 0.2) is 58.5 Å². The van der Waals surface area contributed by atoms with Crippen molar-refractivity contribution < 1.29 is 9.18 Å². The fourth-order valence-corrected chi connectivity index (χ4v) is 3.80. The Morgan fingerprint density at radius 2 is 1.90 bits per heavy atom. The van der Waals surface area contributed by atoms with Crippen molar-refractivity contribution in [2.45, 2.75) is 32.0 Å². The summed E-state index contributed by atoms with van der Waals surface area (Å²) in [6.45, 7) is 5.09. The standard InChI is InChI=1S/C22H24FN3O2S/c1-15(2)13-26-21(28)18-5-3-4-6-19(18)25-22(26)29-14-20(27)24-12-11-16-7-9-17(23)10-8-16/h3-10,15H,11-14H2,1-2H3,(H,24,27). The highest BCUT2D eigenvalue weighted by molar-refractivity contribution is 7.99. The average Bonchev–Trinajstić information content (AvgIpc) is 2.70. The number of hydrogen-bond donors (Lipinski definition) is 1. The van der Waals surface area contributed by atoms with Gasteiger partial charge in [-0.2, -0.15) is 0 Å². The Balaban J connectivity index is 1.65. The van der Waals surface area contributed by atoms with Crippen LogP contribution in [0.1, 0.15) is 19.4 Å². The Morgan fingerprint density at radius 1 is 1.17 bits per heavy atom. The van der Waals surface area contributed by atoms with Crippen molar-refractivity contribution in [1.82, 2.24) is 14.9 Å². The Hall–Kier alpha value is -2.67. The van der Waals surface area contributed by atoms with Crippen LogP contribution < -0.4 is 10.9 Å². The lowest BCUT2D eigenvalue weighted by atomic mass is 10.1. The topological polar surface area (TPSA) is 64.0 Å². The molecule has 0 radical (unpaired) electrons. The molecule has 2 aromatic carbocycles. The first-order valence-electron chi connectivity index (χ1n) is 9.57. The van der Waals surface area contributed by atoms with Crippen molar-refractivity contribution in [3.63, 3.8) is 0 Å². The summed E-state index contributed by atoms with van der Waals surface area (Å²) in [5.74, 6) is 0.0476. The van der Waals surface area contributed by atoms with Crippen LogP contribution in [-0.2, 0) is 17.8 Å². The molecule has 5 nitrogen and oxygen atoms in total. The molecule has 3 rings (SSSR count). The Labute approximate surface area is 173 Å². The van der Waals surface area contributed by atoms with Gasteiger partial charge in [0.15, 0.2) is 5.16 Å². The summed E-state index contributed by atoms with van der Waals surface area (Å²) in [5, 5.41) is 4.00. The lowest BCUT2D eigenvalue weighted by Crippen LogP contribution is -2.29. The number of hydrogen-bond acceptors (Lipinski definition) is 4. The highest BCUT2D eigenvalue weighted by Gasteiger charge is 2.14. The summed E-state index contributed by atoms with van der Waals surface area (Å²) in [5.41, 5.74) is 1.52. The summed E-state index contributed by atoms with van der Waals surface area (Å²) in [6, 6.07) is 13.5. The molecule has 1 aromatic heterocycles. The second kappa shape index (κ2) is 9.69. The number of nitrogens with zero attached hydrogens (tertiary/aromatic N) is 2. The summed E-state index contributed by atoms with van der Waals surface area (Å²) in [4.78, 5) is 29.7. The van der Waals surface area contributed by atoms with Gasteiger partial charge in [-0.25, -0.2) is 9.37 Å². The van der Waals surface area contributed by atoms with E-state index in [1.807, 2.05) is 32.0 Å². The summed E-state index contributed by atoms with van der Waals surface area (Å²) in [6.07, 6.45) is 0.628. The lowest BCUT2D eigenvalue weighted by molar-refractivity contribution is -0.118. The van der Waals surface area contributed by atoms with Gasteiger partial charge in [0.1, 0.15) is 5.82 Å². The van der Waals surface area contributed by atoms with Crippen molar-refractivity contribution in [1.29, 1.82) is 0 Å². The van der Waals surface area contributed by atoms with E-state index in [0.29, 0.717) is 35.6 Å². The molecule has 0 fully saturated rings. The van der Waals surface area contributed by atoms with Crippen molar-refractivity contribution >= 4 is 28.6 Å². The molecule has 0 saturated heterocycles. The number of halogens is 1. The third kappa shape index (κ3) is 5.67. The predicted octanol–water partition coefficient (Wildman–Crippen LogP) is 3.64. The molecule has 0 aliphatic heterocycles. The van der Waals surface area contributed by atoms with E-state index in [9.17, 15) is 14.0 Å². The number of aromatic nitrogens is 2. The maximum absolute atomic E-state index is 12.9. The Kier molecular flexibility index (Phi) is 7.04. The van der Waals surface area contributed by atoms with E-state index in [1.165, 1.54) is 23.9 Å². The largest absolute Gasteiger partial charge is 0.355 e. The van der Waals surface area contributed by atoms with Gasteiger partial charge >= 0.3 is 0 Å². The quantitative estimate of drug-likeness (QED) is 0.452. The van der Waals surface area contributed by atoms with Crippen LogP contribution in [0.4, 0.5) is 4.39 Å². The van der Waals surface area contributed by atoms with Crippen LogP contribution in [0.25, 0.3) is 10.9 Å². The minimum atomic E-state index is -0.274. The van der Waals surface area contributed by atoms with Gasteiger partial charge in [-0.15, -0.1) is 0 Å². The molecule has 0 bridgehead atoms. The number of carbonyl (C=O) groups is 1. The zero-order valence-corrected chi connectivity index (χ0v) is 17.3. The van der Waals surface area contributed by atoms with E-state index < -0.39 is 0 Å². The normalized spacial score (nSPS) is 11.2. The van der Waals surface area contributed by atoms with Crippen LogP contribution in [0, 0.1) is 11.7 Å². The van der Waals surface area contributed by atoms with Gasteiger partial charge in [0, 0.05) is 13.1 Å². The molecular weight excluding hydrogens is 389 g/mol. The van der Waals surface area contributed by atoms with Crippen molar-refractivity contribution in [3.05, 3.63) is 70.3 Å². The first kappa shape index (κ1) is 21.0. The number of thioether (sulfide) groups is 1. The van der Waals surface area contributed by atoms with Gasteiger partial charge in [-0.05, 0) is 42.2 Å². The third-order valence-corrected chi connectivity index (χ3v) is 5.33. The molecule has 0 saturated carbocycles. The first-order valence-corrected chi connectivity index (χ1v) is 10.6. The number of nitrogens with one attached hydrogen (secondary N) is 1. The van der Waals surface area contributed by atoms with E-state index in [-0.39, 0.29) is 29.0 Å². The summed E-state index contributed by atoms with van der Waals surface area (Å²) < 4.78 is 14.6. The highest BCUT2D eigenvalue weighted by atomic mass is 32.2. The van der Waals surface area contributed by atoms with Crippen LogP contribution in [-0.4, -0.2) is 27.8 Å². The maximum Gasteiger partial charge on any atom is 0.262 e. The van der Waals surface area contributed by atoms with Gasteiger partial charge in [0.2, 0.25) is 5.91 Å². The molecule has 152 valence electrons. The van der Waals surface area contributed by atoms with Gasteiger partial charge in [-0.3, -0.25) is 14.2 Å².